The second kappa shape index (κ2) is 27.1. The number of pyridine rings is 1. The Balaban J connectivity index is 0.855. The van der Waals surface area contributed by atoms with Crippen LogP contribution in [0, 0.1) is 0 Å². The van der Waals surface area contributed by atoms with Gasteiger partial charge in [0, 0.05) is 58.9 Å². The summed E-state index contributed by atoms with van der Waals surface area (Å²) in [5.74, 6) is 0.101. The van der Waals surface area contributed by atoms with Crippen LogP contribution in [0.5, 0.6) is 0 Å². The maximum atomic E-state index is 14.0. The van der Waals surface area contributed by atoms with Crippen LogP contribution in [-0.2, 0) is 47.1 Å². The van der Waals surface area contributed by atoms with Gasteiger partial charge in [0.05, 0.1) is 70.1 Å². The molecule has 2 aliphatic rings. The summed E-state index contributed by atoms with van der Waals surface area (Å²) in [6.45, 7) is 11.3. The van der Waals surface area contributed by atoms with Crippen molar-refractivity contribution in [2.24, 2.45) is 0 Å². The van der Waals surface area contributed by atoms with Crippen LogP contribution in [0.1, 0.15) is 115 Å². The highest BCUT2D eigenvalue weighted by Gasteiger charge is 2.23. The molecule has 1 fully saturated rings. The molecule has 1 aliphatic carbocycles. The van der Waals surface area contributed by atoms with Gasteiger partial charge in [-0.15, -0.1) is 11.8 Å². The number of esters is 1. The molecule has 1 atom stereocenters. The predicted molar refractivity (Wildman–Crippen MR) is 278 cm³/mol. The number of hydrogen-bond donors (Lipinski definition) is 2. The highest BCUT2D eigenvalue weighted by molar-refractivity contribution is 7.98. The van der Waals surface area contributed by atoms with Gasteiger partial charge in [0.1, 0.15) is 5.60 Å². The highest BCUT2D eigenvalue weighted by Crippen LogP contribution is 2.34. The Labute approximate surface area is 418 Å². The lowest BCUT2D eigenvalue weighted by molar-refractivity contribution is -0.156. The predicted octanol–water partition coefficient (Wildman–Crippen LogP) is 10.8. The smallest absolute Gasteiger partial charge is 0.308 e. The van der Waals surface area contributed by atoms with Crippen molar-refractivity contribution in [3.63, 3.8) is 0 Å². The van der Waals surface area contributed by atoms with E-state index in [1.807, 2.05) is 57.2 Å². The number of thioether (sulfide) groups is 1. The Morgan fingerprint density at radius 2 is 1.41 bits per heavy atom. The van der Waals surface area contributed by atoms with Gasteiger partial charge in [-0.3, -0.25) is 19.4 Å². The molecule has 1 aromatic heterocycles. The summed E-state index contributed by atoms with van der Waals surface area (Å²) in [4.78, 5) is 47.8. The van der Waals surface area contributed by atoms with Crippen LogP contribution in [0.25, 0.3) is 11.3 Å². The lowest BCUT2D eigenvalue weighted by atomic mass is 9.87. The molecule has 1 saturated heterocycles. The number of benzene rings is 4. The first-order valence-electron chi connectivity index (χ1n) is 25.0. The average molecular weight is 971 g/mol. The normalized spacial score (nSPS) is 14.7. The summed E-state index contributed by atoms with van der Waals surface area (Å²) in [5.41, 5.74) is 8.52. The second-order valence-electron chi connectivity index (χ2n) is 18.8. The molecule has 2 heterocycles. The first-order valence-corrected chi connectivity index (χ1v) is 26.0. The molecule has 2 amide bonds. The minimum Gasteiger partial charge on any atom is -0.460 e. The number of piperidine rings is 1. The molecule has 0 saturated carbocycles. The van der Waals surface area contributed by atoms with E-state index in [0.717, 1.165) is 74.8 Å². The summed E-state index contributed by atoms with van der Waals surface area (Å²) in [7, 11) is 0. The summed E-state index contributed by atoms with van der Waals surface area (Å²) in [6.07, 6.45) is 10.2. The number of nitrogens with one attached hydrogen (secondary N) is 2. The van der Waals surface area contributed by atoms with Crippen LogP contribution in [0.4, 0.5) is 11.4 Å². The minimum atomic E-state index is -0.487. The number of aryl methyl sites for hydroxylation is 2. The minimum absolute atomic E-state index is 0.0386. The van der Waals surface area contributed by atoms with Crippen molar-refractivity contribution < 1.29 is 38.1 Å². The number of ether oxygens (including phenoxy) is 5. The Morgan fingerprint density at radius 3 is 2.20 bits per heavy atom. The molecule has 13 heteroatoms. The Morgan fingerprint density at radius 1 is 0.700 bits per heavy atom. The molecule has 2 N–H and O–H groups in total. The fourth-order valence-corrected chi connectivity index (χ4v) is 9.63. The van der Waals surface area contributed by atoms with Crippen molar-refractivity contribution in [3.8, 4) is 11.3 Å². The summed E-state index contributed by atoms with van der Waals surface area (Å²) in [6, 6.07) is 34.5. The zero-order chi connectivity index (χ0) is 49.0. The van der Waals surface area contributed by atoms with Gasteiger partial charge >= 0.3 is 5.97 Å². The number of nitrogens with zero attached hydrogens (tertiary/aromatic N) is 2. The first kappa shape index (κ1) is 52.3. The number of amides is 2. The molecule has 5 aromatic rings. The zero-order valence-corrected chi connectivity index (χ0v) is 42.0. The third-order valence-electron chi connectivity index (χ3n) is 12.2. The van der Waals surface area contributed by atoms with Crippen molar-refractivity contribution in [1.29, 1.82) is 0 Å². The molecule has 372 valence electrons. The zero-order valence-electron chi connectivity index (χ0n) is 41.2. The summed E-state index contributed by atoms with van der Waals surface area (Å²) >= 11 is 1.74. The van der Waals surface area contributed by atoms with Gasteiger partial charge in [0.25, 0.3) is 11.8 Å². The molecule has 7 rings (SSSR count). The van der Waals surface area contributed by atoms with E-state index in [9.17, 15) is 14.4 Å². The molecule has 12 nitrogen and oxygen atoms in total. The number of rotatable bonds is 25. The Bertz CT molecular complexity index is 2470. The third-order valence-corrected chi connectivity index (χ3v) is 13.2. The largest absolute Gasteiger partial charge is 0.460 e. The van der Waals surface area contributed by atoms with E-state index in [1.165, 1.54) is 28.0 Å². The van der Waals surface area contributed by atoms with Crippen molar-refractivity contribution in [1.82, 2.24) is 10.3 Å². The van der Waals surface area contributed by atoms with Crippen LogP contribution in [0.3, 0.4) is 0 Å². The average Bonchev–Trinajstić information content (AvgIpc) is 3.37. The van der Waals surface area contributed by atoms with Gasteiger partial charge in [-0.05, 0) is 149 Å². The van der Waals surface area contributed by atoms with E-state index in [0.29, 0.717) is 81.1 Å². The summed E-state index contributed by atoms with van der Waals surface area (Å²) < 4.78 is 27.7. The van der Waals surface area contributed by atoms with Crippen LogP contribution < -0.4 is 15.5 Å². The molecule has 0 radical (unpaired) electrons. The Hall–Kier alpha value is -5.57. The van der Waals surface area contributed by atoms with Gasteiger partial charge in [-0.25, -0.2) is 0 Å². The summed E-state index contributed by atoms with van der Waals surface area (Å²) in [5, 5.41) is 6.50. The SMILES string of the molecule is CC(C)(C)OC(=O)CCOCCOCCOCCOCCCc1cccc(SCc2cccc(C(=O)Nc3ccc(N4CCCCC4)cc3-c3cc(C(=O)NC4CCCc5ccccc54)ccn3)c2)c1. The van der Waals surface area contributed by atoms with Gasteiger partial charge in [-0.2, -0.15) is 0 Å². The molecular weight excluding hydrogens is 901 g/mol. The van der Waals surface area contributed by atoms with Gasteiger partial charge in [-0.1, -0.05) is 48.5 Å². The van der Waals surface area contributed by atoms with Crippen molar-refractivity contribution >= 4 is 40.9 Å². The first-order chi connectivity index (χ1) is 34.1. The second-order valence-corrected chi connectivity index (χ2v) is 19.9. The van der Waals surface area contributed by atoms with E-state index in [1.54, 1.807) is 24.0 Å². The van der Waals surface area contributed by atoms with Crippen LogP contribution >= 0.6 is 11.8 Å². The molecule has 70 heavy (non-hydrogen) atoms. The van der Waals surface area contributed by atoms with Crippen LogP contribution in [-0.4, -0.2) is 94.3 Å². The van der Waals surface area contributed by atoms with E-state index < -0.39 is 5.60 Å². The third kappa shape index (κ3) is 16.8. The maximum absolute atomic E-state index is 14.0. The fraction of sp³-hybridized carbons (Fsp3) is 0.439. The molecule has 4 aromatic carbocycles. The number of anilines is 2. The van der Waals surface area contributed by atoms with Gasteiger partial charge in [0.2, 0.25) is 0 Å². The van der Waals surface area contributed by atoms with E-state index in [4.69, 9.17) is 28.7 Å². The highest BCUT2D eigenvalue weighted by atomic mass is 32.2. The number of hydrogen-bond acceptors (Lipinski definition) is 11. The molecule has 0 spiro atoms. The number of fused-ring (bicyclic) bond motifs is 1. The van der Waals surface area contributed by atoms with Crippen LogP contribution in [0.15, 0.2) is 114 Å². The van der Waals surface area contributed by atoms with E-state index in [2.05, 4.69) is 76.2 Å². The fourth-order valence-electron chi connectivity index (χ4n) is 8.71. The van der Waals surface area contributed by atoms with E-state index in [-0.39, 0.29) is 30.2 Å². The number of carbonyl (C=O) groups excluding carboxylic acids is 3. The van der Waals surface area contributed by atoms with Gasteiger partial charge in [0.15, 0.2) is 0 Å². The molecular formula is C57H70N4O8S. The maximum Gasteiger partial charge on any atom is 0.308 e. The molecule has 1 unspecified atom stereocenters. The molecule has 1 aliphatic heterocycles. The van der Waals surface area contributed by atoms with E-state index >= 15 is 0 Å². The van der Waals surface area contributed by atoms with Crippen molar-refractivity contribution in [2.45, 2.75) is 101 Å². The lowest BCUT2D eigenvalue weighted by Gasteiger charge is -2.29. The Kier molecular flexibility index (Phi) is 20.3. The van der Waals surface area contributed by atoms with Gasteiger partial charge < -0.3 is 39.2 Å². The molecule has 0 bridgehead atoms. The quantitative estimate of drug-likeness (QED) is 0.0328. The standard InChI is InChI=1S/C57H70N4O8S/c1-57(2,3)69-54(62)25-30-66-32-34-68-36-35-67-33-31-65-29-12-15-42-13-10-19-48(38-42)70-41-43-14-9-18-45(37-43)55(63)60-52-23-22-47(61-27-7-4-8-28-61)40-50(52)53-39-46(24-26-58-53)56(64)59-51-21-11-17-44-16-5-6-20-49(44)51/h5-6,9-10,13-14,16,18-20,22-24,26,37-40,51H,4,7-8,11-12,15,17,21,25,27-36,41H2,1-3H3,(H,59,64)(H,60,63). The number of aromatic nitrogens is 1. The van der Waals surface area contributed by atoms with Crippen LogP contribution in [0.2, 0.25) is 0 Å². The monoisotopic (exact) mass is 970 g/mol. The topological polar surface area (TPSA) is 138 Å². The number of carbonyl (C=O) groups is 3. The lowest BCUT2D eigenvalue weighted by Crippen LogP contribution is -2.31. The van der Waals surface area contributed by atoms with Crippen molar-refractivity contribution in [2.75, 3.05) is 76.2 Å². The van der Waals surface area contributed by atoms with Crippen molar-refractivity contribution in [3.05, 3.63) is 143 Å².